The van der Waals surface area contributed by atoms with Crippen LogP contribution in [0.2, 0.25) is 5.02 Å². The van der Waals surface area contributed by atoms with Gasteiger partial charge in [-0.3, -0.25) is 14.8 Å². The summed E-state index contributed by atoms with van der Waals surface area (Å²) in [7, 11) is -2.53. The number of hydrogen-bond donors (Lipinski definition) is 2. The summed E-state index contributed by atoms with van der Waals surface area (Å²) in [6, 6.07) is 18.4. The molecule has 0 spiro atoms. The van der Waals surface area contributed by atoms with Crippen LogP contribution in [0.15, 0.2) is 76.1 Å². The number of hydrogen-bond acceptors (Lipinski definition) is 5. The van der Waals surface area contributed by atoms with Crippen molar-refractivity contribution in [2.45, 2.75) is 17.9 Å². The van der Waals surface area contributed by atoms with Gasteiger partial charge in [-0.2, -0.15) is 0 Å². The molecule has 0 saturated carbocycles. The molecule has 0 unspecified atom stereocenters. The van der Waals surface area contributed by atoms with Gasteiger partial charge in [0.2, 0.25) is 0 Å². The van der Waals surface area contributed by atoms with Crippen molar-refractivity contribution in [2.75, 3.05) is 18.4 Å². The topological polar surface area (TPSA) is 84.5 Å². The third-order valence-corrected chi connectivity index (χ3v) is 6.87. The first kappa shape index (κ1) is 24.3. The molecule has 3 aromatic rings. The molecular weight excluding hydrogens is 516 g/mol. The van der Waals surface area contributed by atoms with Crippen LogP contribution in [0.4, 0.5) is 5.69 Å². The van der Waals surface area contributed by atoms with Gasteiger partial charge in [0, 0.05) is 9.50 Å². The summed E-state index contributed by atoms with van der Waals surface area (Å²) in [5.41, 5.74) is 2.70. The molecule has 3 rings (SSSR count). The third-order valence-electron chi connectivity index (χ3n) is 4.76. The predicted molar refractivity (Wildman–Crippen MR) is 129 cm³/mol. The highest BCUT2D eigenvalue weighted by molar-refractivity contribution is 9.10. The lowest BCUT2D eigenvalue weighted by Gasteiger charge is -2.23. The fraction of sp³-hybridized carbons (Fsp3) is 0.174. The normalized spacial score (nSPS) is 12.2. The monoisotopic (exact) mass is 536 g/mol. The second-order valence-electron chi connectivity index (χ2n) is 7.10. The molecule has 1 atom stereocenters. The number of nitrogens with one attached hydrogen (secondary N) is 2. The number of benzene rings is 3. The van der Waals surface area contributed by atoms with Gasteiger partial charge in [0.05, 0.1) is 30.3 Å². The molecule has 0 aliphatic rings. The van der Waals surface area contributed by atoms with Crippen LogP contribution in [0.1, 0.15) is 22.7 Å². The largest absolute Gasteiger partial charge is 0.468 e. The van der Waals surface area contributed by atoms with Crippen LogP contribution in [-0.4, -0.2) is 28.0 Å². The summed E-state index contributed by atoms with van der Waals surface area (Å²) in [4.78, 5) is 12.0. The fourth-order valence-corrected chi connectivity index (χ4v) is 4.80. The number of ether oxygens (including phenoxy) is 1. The molecule has 9 heteroatoms. The predicted octanol–water partition coefficient (Wildman–Crippen LogP) is 5.06. The number of esters is 1. The maximum absolute atomic E-state index is 13.0. The summed E-state index contributed by atoms with van der Waals surface area (Å²) in [5.74, 6) is -0.450. The van der Waals surface area contributed by atoms with Gasteiger partial charge in [0.25, 0.3) is 10.0 Å². The maximum atomic E-state index is 13.0. The van der Waals surface area contributed by atoms with E-state index < -0.39 is 22.0 Å². The highest BCUT2D eigenvalue weighted by Crippen LogP contribution is 2.33. The first-order chi connectivity index (χ1) is 15.2. The average Bonchev–Trinajstić information content (AvgIpc) is 2.75. The number of rotatable bonds is 8. The van der Waals surface area contributed by atoms with E-state index in [4.69, 9.17) is 16.3 Å². The molecule has 0 radical (unpaired) electrons. The van der Waals surface area contributed by atoms with Crippen LogP contribution in [-0.2, 0) is 19.6 Å². The van der Waals surface area contributed by atoms with Crippen LogP contribution >= 0.6 is 27.5 Å². The van der Waals surface area contributed by atoms with Crippen LogP contribution in [0, 0.1) is 6.92 Å². The Bertz CT molecular complexity index is 1220. The highest BCUT2D eigenvalue weighted by Gasteiger charge is 2.23. The van der Waals surface area contributed by atoms with Gasteiger partial charge in [0.1, 0.15) is 0 Å². The summed E-state index contributed by atoms with van der Waals surface area (Å²) in [6.07, 6.45) is 0. The molecule has 6 nitrogen and oxygen atoms in total. The molecular formula is C23H22BrClN2O4S. The first-order valence-corrected chi connectivity index (χ1v) is 12.3. The Hall–Kier alpha value is -2.39. The third kappa shape index (κ3) is 6.10. The van der Waals surface area contributed by atoms with Gasteiger partial charge in [-0.25, -0.2) is 8.42 Å². The Morgan fingerprint density at radius 3 is 2.47 bits per heavy atom. The molecule has 0 bridgehead atoms. The molecule has 0 aliphatic heterocycles. The lowest BCUT2D eigenvalue weighted by Crippen LogP contribution is -2.30. The minimum atomic E-state index is -3.84. The van der Waals surface area contributed by atoms with E-state index in [1.54, 1.807) is 60.7 Å². The van der Waals surface area contributed by atoms with Crippen LogP contribution in [0.25, 0.3) is 0 Å². The van der Waals surface area contributed by atoms with Gasteiger partial charge < -0.3 is 4.74 Å². The van der Waals surface area contributed by atoms with Gasteiger partial charge in [-0.05, 0) is 60.5 Å². The highest BCUT2D eigenvalue weighted by atomic mass is 79.9. The number of carbonyl (C=O) groups excluding carboxylic acids is 1. The number of sulfonamides is 1. The molecule has 3 aromatic carbocycles. The molecule has 0 amide bonds. The SMILES string of the molecule is COC(=O)CN[C@H](c1cccc(Cl)c1)c1cc(Br)ccc1NS(=O)(=O)c1ccc(C)cc1. The molecule has 32 heavy (non-hydrogen) atoms. The van der Waals surface area contributed by atoms with E-state index >= 15 is 0 Å². The van der Waals surface area contributed by atoms with Crippen molar-refractivity contribution in [3.63, 3.8) is 0 Å². The number of aryl methyl sites for hydroxylation is 1. The summed E-state index contributed by atoms with van der Waals surface area (Å²) >= 11 is 9.65. The molecule has 2 N–H and O–H groups in total. The summed E-state index contributed by atoms with van der Waals surface area (Å²) in [6.45, 7) is 1.81. The summed E-state index contributed by atoms with van der Waals surface area (Å²) in [5, 5.41) is 3.66. The number of anilines is 1. The number of methoxy groups -OCH3 is 1. The summed E-state index contributed by atoms with van der Waals surface area (Å²) < 4.78 is 34.3. The molecule has 0 aliphatic carbocycles. The van der Waals surface area contributed by atoms with E-state index in [2.05, 4.69) is 26.0 Å². The van der Waals surface area contributed by atoms with Crippen LogP contribution in [0.3, 0.4) is 0 Å². The maximum Gasteiger partial charge on any atom is 0.319 e. The van der Waals surface area contributed by atoms with E-state index in [0.717, 1.165) is 15.6 Å². The zero-order valence-corrected chi connectivity index (χ0v) is 20.6. The standard InChI is InChI=1S/C23H22BrClN2O4S/c1-15-6-9-19(10-7-15)32(29,30)27-21-11-8-17(24)13-20(21)23(26-14-22(28)31-2)16-4-3-5-18(25)12-16/h3-13,23,26-27H,14H2,1-2H3/t23-/m1/s1. The molecule has 168 valence electrons. The minimum Gasteiger partial charge on any atom is -0.468 e. The fourth-order valence-electron chi connectivity index (χ4n) is 3.14. The Labute approximate surface area is 201 Å². The first-order valence-electron chi connectivity index (χ1n) is 9.64. The molecule has 0 heterocycles. The van der Waals surface area contributed by atoms with Gasteiger partial charge in [-0.1, -0.05) is 57.4 Å². The van der Waals surface area contributed by atoms with Crippen LogP contribution in [0.5, 0.6) is 0 Å². The van der Waals surface area contributed by atoms with E-state index in [1.165, 1.54) is 7.11 Å². The quantitative estimate of drug-likeness (QED) is 0.392. The van der Waals surface area contributed by atoms with Gasteiger partial charge >= 0.3 is 5.97 Å². The second-order valence-corrected chi connectivity index (χ2v) is 10.1. The zero-order chi connectivity index (χ0) is 23.3. The number of halogens is 2. The van der Waals surface area contributed by atoms with Crippen molar-refractivity contribution in [1.82, 2.24) is 5.32 Å². The van der Waals surface area contributed by atoms with Crippen LogP contribution < -0.4 is 10.0 Å². The van der Waals surface area contributed by atoms with E-state index in [9.17, 15) is 13.2 Å². The lowest BCUT2D eigenvalue weighted by molar-refractivity contribution is -0.139. The van der Waals surface area contributed by atoms with Crippen molar-refractivity contribution in [3.05, 3.63) is 92.9 Å². The van der Waals surface area contributed by atoms with Crippen molar-refractivity contribution < 1.29 is 17.9 Å². The molecule has 0 aromatic heterocycles. The van der Waals surface area contributed by atoms with Crippen molar-refractivity contribution >= 4 is 49.2 Å². The Morgan fingerprint density at radius 2 is 1.81 bits per heavy atom. The van der Waals surface area contributed by atoms with Gasteiger partial charge in [0.15, 0.2) is 0 Å². The Morgan fingerprint density at radius 1 is 1.09 bits per heavy atom. The Balaban J connectivity index is 2.05. The molecule has 0 saturated heterocycles. The van der Waals surface area contributed by atoms with E-state index in [-0.39, 0.29) is 11.4 Å². The lowest BCUT2D eigenvalue weighted by atomic mass is 9.97. The average molecular weight is 538 g/mol. The second kappa shape index (κ2) is 10.5. The minimum absolute atomic E-state index is 0.0790. The van der Waals surface area contributed by atoms with E-state index in [1.807, 2.05) is 13.0 Å². The van der Waals surface area contributed by atoms with E-state index in [0.29, 0.717) is 16.3 Å². The van der Waals surface area contributed by atoms with Crippen molar-refractivity contribution in [2.24, 2.45) is 0 Å². The Kier molecular flexibility index (Phi) is 7.95. The molecule has 0 fully saturated rings. The van der Waals surface area contributed by atoms with Crippen molar-refractivity contribution in [1.29, 1.82) is 0 Å². The zero-order valence-electron chi connectivity index (χ0n) is 17.4. The smallest absolute Gasteiger partial charge is 0.319 e. The van der Waals surface area contributed by atoms with Crippen molar-refractivity contribution in [3.8, 4) is 0 Å². The van der Waals surface area contributed by atoms with Gasteiger partial charge in [-0.15, -0.1) is 0 Å². The number of carbonyl (C=O) groups is 1.